The van der Waals surface area contributed by atoms with E-state index in [4.69, 9.17) is 4.42 Å². The van der Waals surface area contributed by atoms with Crippen LogP contribution >= 0.6 is 11.3 Å². The van der Waals surface area contributed by atoms with Crippen molar-refractivity contribution in [1.29, 1.82) is 0 Å². The highest BCUT2D eigenvalue weighted by molar-refractivity contribution is 7.19. The Morgan fingerprint density at radius 1 is 1.21 bits per heavy atom. The molecule has 0 aliphatic carbocycles. The summed E-state index contributed by atoms with van der Waals surface area (Å²) in [5, 5.41) is 9.34. The third-order valence-corrected chi connectivity index (χ3v) is 6.01. The van der Waals surface area contributed by atoms with Crippen LogP contribution in [0.3, 0.4) is 0 Å². The van der Waals surface area contributed by atoms with Gasteiger partial charge in [-0.3, -0.25) is 5.32 Å². The lowest BCUT2D eigenvalue weighted by Gasteiger charge is -2.06. The molecule has 2 amide bonds. The van der Waals surface area contributed by atoms with Gasteiger partial charge in [-0.25, -0.2) is 29.7 Å². The Morgan fingerprint density at radius 3 is 2.91 bits per heavy atom. The van der Waals surface area contributed by atoms with Crippen LogP contribution in [0.25, 0.3) is 10.6 Å². The number of urea groups is 1. The molecule has 0 bridgehead atoms. The summed E-state index contributed by atoms with van der Waals surface area (Å²) < 4.78 is 7.57. The summed E-state index contributed by atoms with van der Waals surface area (Å²) >= 11 is 1.37. The number of aromatic nitrogens is 6. The quantitative estimate of drug-likeness (QED) is 0.277. The first-order chi connectivity index (χ1) is 16.6. The molecule has 178 valence electrons. The van der Waals surface area contributed by atoms with Gasteiger partial charge in [0.2, 0.25) is 5.95 Å². The lowest BCUT2D eigenvalue weighted by Crippen LogP contribution is -2.30. The summed E-state index contributed by atoms with van der Waals surface area (Å²) in [6.45, 7) is 5.92. The second-order valence-corrected chi connectivity index (χ2v) is 8.48. The van der Waals surface area contributed by atoms with Crippen molar-refractivity contribution >= 4 is 28.4 Å². The van der Waals surface area contributed by atoms with Crippen LogP contribution in [-0.2, 0) is 19.4 Å². The maximum atomic E-state index is 12.3. The monoisotopic (exact) mass is 481 g/mol. The molecule has 0 spiro atoms. The van der Waals surface area contributed by atoms with E-state index in [0.717, 1.165) is 48.0 Å². The van der Waals surface area contributed by atoms with Crippen molar-refractivity contribution in [3.8, 4) is 10.6 Å². The van der Waals surface area contributed by atoms with Gasteiger partial charge in [-0.15, -0.1) is 0 Å². The number of anilines is 2. The number of carbonyl (C=O) groups is 1. The summed E-state index contributed by atoms with van der Waals surface area (Å²) in [6, 6.07) is 1.51. The van der Waals surface area contributed by atoms with E-state index in [0.29, 0.717) is 29.9 Å². The summed E-state index contributed by atoms with van der Waals surface area (Å²) in [5.41, 5.74) is 1.54. The Kier molecular flexibility index (Phi) is 7.81. The van der Waals surface area contributed by atoms with Gasteiger partial charge in [0.25, 0.3) is 0 Å². The van der Waals surface area contributed by atoms with E-state index < -0.39 is 0 Å². The zero-order valence-corrected chi connectivity index (χ0v) is 19.9. The van der Waals surface area contributed by atoms with Gasteiger partial charge in [0.1, 0.15) is 5.76 Å². The second kappa shape index (κ2) is 11.4. The SMILES string of the molecule is CCc1cnc(CCNC(=O)Nc2nc(C)c(-c3ccnc(NCCCn4ccnc4)n3)s2)o1. The fourth-order valence-corrected chi connectivity index (χ4v) is 4.12. The lowest BCUT2D eigenvalue weighted by atomic mass is 10.3. The number of oxazole rings is 1. The predicted molar refractivity (Wildman–Crippen MR) is 130 cm³/mol. The van der Waals surface area contributed by atoms with Gasteiger partial charge >= 0.3 is 6.03 Å². The first-order valence-electron chi connectivity index (χ1n) is 11.1. The Labute approximate surface area is 201 Å². The number of hydrogen-bond donors (Lipinski definition) is 3. The number of aryl methyl sites for hydroxylation is 3. The molecule has 0 unspecified atom stereocenters. The molecule has 4 rings (SSSR count). The van der Waals surface area contributed by atoms with Gasteiger partial charge in [0, 0.05) is 51.1 Å². The molecular weight excluding hydrogens is 454 g/mol. The average Bonchev–Trinajstić information content (AvgIpc) is 3.59. The first kappa shape index (κ1) is 23.4. The summed E-state index contributed by atoms with van der Waals surface area (Å²) in [6.07, 6.45) is 11.2. The van der Waals surface area contributed by atoms with Gasteiger partial charge in [-0.05, 0) is 19.4 Å². The van der Waals surface area contributed by atoms with Gasteiger partial charge in [0.05, 0.1) is 28.8 Å². The van der Waals surface area contributed by atoms with E-state index in [-0.39, 0.29) is 6.03 Å². The molecule has 0 saturated carbocycles. The van der Waals surface area contributed by atoms with Crippen molar-refractivity contribution in [2.24, 2.45) is 0 Å². The van der Waals surface area contributed by atoms with Crippen LogP contribution in [-0.4, -0.2) is 48.6 Å². The number of nitrogens with zero attached hydrogens (tertiary/aromatic N) is 6. The molecule has 0 aromatic carbocycles. The molecule has 0 fully saturated rings. The van der Waals surface area contributed by atoms with Crippen LogP contribution in [0.15, 0.2) is 41.6 Å². The molecule has 0 atom stereocenters. The molecule has 0 aliphatic heterocycles. The van der Waals surface area contributed by atoms with Gasteiger partial charge < -0.3 is 19.6 Å². The standard InChI is InChI=1S/C22H27N9O2S/c1-3-16-13-27-18(33-16)6-9-26-21(32)30-22-28-15(2)19(34-22)17-5-8-25-20(29-17)24-7-4-11-31-12-10-23-14-31/h5,8,10,12-14H,3-4,6-7,9,11H2,1-2H3,(H,24,25,29)(H2,26,28,30,32). The van der Waals surface area contributed by atoms with Gasteiger partial charge in [-0.2, -0.15) is 0 Å². The van der Waals surface area contributed by atoms with Crippen LogP contribution in [0.5, 0.6) is 0 Å². The number of amides is 2. The van der Waals surface area contributed by atoms with Crippen LogP contribution in [0, 0.1) is 6.92 Å². The number of hydrogen-bond acceptors (Lipinski definition) is 9. The minimum atomic E-state index is -0.328. The molecule has 11 nitrogen and oxygen atoms in total. The van der Waals surface area contributed by atoms with Crippen molar-refractivity contribution in [2.75, 3.05) is 23.7 Å². The normalized spacial score (nSPS) is 10.9. The molecule has 0 radical (unpaired) electrons. The lowest BCUT2D eigenvalue weighted by molar-refractivity contribution is 0.252. The maximum Gasteiger partial charge on any atom is 0.321 e. The zero-order valence-electron chi connectivity index (χ0n) is 19.1. The Morgan fingerprint density at radius 2 is 2.12 bits per heavy atom. The third-order valence-electron chi connectivity index (χ3n) is 4.91. The average molecular weight is 482 g/mol. The number of rotatable bonds is 11. The van der Waals surface area contributed by atoms with Crippen molar-refractivity contribution < 1.29 is 9.21 Å². The topological polar surface area (TPSA) is 136 Å². The molecule has 12 heteroatoms. The largest absolute Gasteiger partial charge is 0.446 e. The Bertz CT molecular complexity index is 1200. The molecule has 4 heterocycles. The molecule has 3 N–H and O–H groups in total. The number of thiazole rings is 1. The minimum Gasteiger partial charge on any atom is -0.446 e. The van der Waals surface area contributed by atoms with E-state index in [1.54, 1.807) is 24.9 Å². The van der Waals surface area contributed by atoms with E-state index in [1.807, 2.05) is 30.7 Å². The molecule has 34 heavy (non-hydrogen) atoms. The molecule has 4 aromatic rings. The van der Waals surface area contributed by atoms with Crippen molar-refractivity contribution in [1.82, 2.24) is 34.8 Å². The smallest absolute Gasteiger partial charge is 0.321 e. The fraction of sp³-hybridized carbons (Fsp3) is 0.364. The third kappa shape index (κ3) is 6.38. The first-order valence-corrected chi connectivity index (χ1v) is 11.9. The highest BCUT2D eigenvalue weighted by Crippen LogP contribution is 2.31. The highest BCUT2D eigenvalue weighted by atomic mass is 32.1. The van der Waals surface area contributed by atoms with Gasteiger partial charge in [0.15, 0.2) is 11.0 Å². The van der Waals surface area contributed by atoms with Gasteiger partial charge in [-0.1, -0.05) is 18.3 Å². The predicted octanol–water partition coefficient (Wildman–Crippen LogP) is 3.52. The highest BCUT2D eigenvalue weighted by Gasteiger charge is 2.14. The second-order valence-electron chi connectivity index (χ2n) is 7.48. The summed E-state index contributed by atoms with van der Waals surface area (Å²) in [5.74, 6) is 2.00. The van der Waals surface area contributed by atoms with E-state index >= 15 is 0 Å². The van der Waals surface area contributed by atoms with Crippen molar-refractivity contribution in [3.63, 3.8) is 0 Å². The van der Waals surface area contributed by atoms with Crippen LogP contribution < -0.4 is 16.0 Å². The minimum absolute atomic E-state index is 0.328. The van der Waals surface area contributed by atoms with Crippen LogP contribution in [0.1, 0.15) is 30.7 Å². The molecular formula is C22H27N9O2S. The number of nitrogens with one attached hydrogen (secondary N) is 3. The molecule has 0 saturated heterocycles. The number of carbonyl (C=O) groups excluding carboxylic acids is 1. The Hall–Kier alpha value is -3.80. The van der Waals surface area contributed by atoms with E-state index in [1.165, 1.54) is 11.3 Å². The summed E-state index contributed by atoms with van der Waals surface area (Å²) in [7, 11) is 0. The Balaban J connectivity index is 1.27. The van der Waals surface area contributed by atoms with E-state index in [2.05, 4.69) is 40.9 Å². The number of imidazole rings is 1. The van der Waals surface area contributed by atoms with E-state index in [9.17, 15) is 4.79 Å². The van der Waals surface area contributed by atoms with Crippen molar-refractivity contribution in [2.45, 2.75) is 39.7 Å². The fourth-order valence-electron chi connectivity index (χ4n) is 3.19. The van der Waals surface area contributed by atoms with Crippen LogP contribution in [0.4, 0.5) is 15.9 Å². The van der Waals surface area contributed by atoms with Crippen molar-refractivity contribution in [3.05, 3.63) is 54.5 Å². The zero-order chi connectivity index (χ0) is 23.8. The molecule has 0 aliphatic rings. The summed E-state index contributed by atoms with van der Waals surface area (Å²) in [4.78, 5) is 34.7. The maximum absolute atomic E-state index is 12.3. The van der Waals surface area contributed by atoms with Crippen LogP contribution in [0.2, 0.25) is 0 Å². The molecule has 4 aromatic heterocycles.